The highest BCUT2D eigenvalue weighted by atomic mass is 19.4. The molecule has 7 heteroatoms. The van der Waals surface area contributed by atoms with E-state index in [9.17, 15) is 22.8 Å². The van der Waals surface area contributed by atoms with E-state index in [4.69, 9.17) is 4.74 Å². The monoisotopic (exact) mass is 315 g/mol. The fourth-order valence-electron chi connectivity index (χ4n) is 2.40. The van der Waals surface area contributed by atoms with Gasteiger partial charge in [0, 0.05) is 6.54 Å². The maximum absolute atomic E-state index is 12.6. The van der Waals surface area contributed by atoms with Crippen LogP contribution in [0.5, 0.6) is 0 Å². The van der Waals surface area contributed by atoms with Crippen molar-refractivity contribution in [2.75, 3.05) is 0 Å². The van der Waals surface area contributed by atoms with Crippen LogP contribution < -0.4 is 5.32 Å². The number of nitrogens with one attached hydrogen (secondary N) is 1. The topological polar surface area (TPSA) is 55.4 Å². The molecule has 1 fully saturated rings. The van der Waals surface area contributed by atoms with Gasteiger partial charge in [-0.1, -0.05) is 12.1 Å². The van der Waals surface area contributed by atoms with Gasteiger partial charge in [-0.3, -0.25) is 9.59 Å². The fourth-order valence-corrected chi connectivity index (χ4v) is 2.40. The van der Waals surface area contributed by atoms with Gasteiger partial charge in [0.15, 0.2) is 0 Å². The van der Waals surface area contributed by atoms with E-state index in [0.29, 0.717) is 5.56 Å². The molecule has 0 aromatic heterocycles. The third-order valence-electron chi connectivity index (χ3n) is 3.62. The Morgan fingerprint density at radius 3 is 2.64 bits per heavy atom. The van der Waals surface area contributed by atoms with Gasteiger partial charge in [0.1, 0.15) is 5.60 Å². The van der Waals surface area contributed by atoms with Crippen LogP contribution in [0.3, 0.4) is 0 Å². The molecule has 1 heterocycles. The summed E-state index contributed by atoms with van der Waals surface area (Å²) in [5.41, 5.74) is -1.33. The second-order valence-electron chi connectivity index (χ2n) is 5.75. The lowest BCUT2D eigenvalue weighted by molar-refractivity contribution is -0.147. The van der Waals surface area contributed by atoms with Crippen LogP contribution in [-0.4, -0.2) is 17.5 Å². The van der Waals surface area contributed by atoms with Gasteiger partial charge in [-0.2, -0.15) is 13.2 Å². The highest BCUT2D eigenvalue weighted by molar-refractivity contribution is 5.87. The van der Waals surface area contributed by atoms with E-state index < -0.39 is 35.1 Å². The summed E-state index contributed by atoms with van der Waals surface area (Å²) < 4.78 is 42.9. The molecule has 0 bridgehead atoms. The Labute approximate surface area is 125 Å². The zero-order chi connectivity index (χ0) is 16.5. The largest absolute Gasteiger partial charge is 0.459 e. The van der Waals surface area contributed by atoms with Crippen molar-refractivity contribution in [1.82, 2.24) is 5.32 Å². The van der Waals surface area contributed by atoms with Crippen molar-refractivity contribution >= 4 is 11.9 Å². The number of hydrogen-bond donors (Lipinski definition) is 1. The Kier molecular flexibility index (Phi) is 4.17. The average Bonchev–Trinajstić information content (AvgIpc) is 2.68. The van der Waals surface area contributed by atoms with Crippen molar-refractivity contribution in [3.8, 4) is 0 Å². The standard InChI is InChI=1S/C15H16F3NO3/c1-14(2)11(7-12(20)22-14)13(21)19-8-9-4-3-5-10(6-9)15(16,17)18/h3-6,11H,7-8H2,1-2H3,(H,19,21). The number of alkyl halides is 3. The lowest BCUT2D eigenvalue weighted by atomic mass is 9.90. The molecule has 1 atom stereocenters. The van der Waals surface area contributed by atoms with Crippen molar-refractivity contribution in [2.24, 2.45) is 5.92 Å². The van der Waals surface area contributed by atoms with E-state index in [-0.39, 0.29) is 13.0 Å². The van der Waals surface area contributed by atoms with E-state index in [1.165, 1.54) is 12.1 Å². The van der Waals surface area contributed by atoms with E-state index >= 15 is 0 Å². The molecule has 1 aromatic carbocycles. The van der Waals surface area contributed by atoms with Gasteiger partial charge in [0.2, 0.25) is 5.91 Å². The molecule has 1 aliphatic rings. The summed E-state index contributed by atoms with van der Waals surface area (Å²) in [6, 6.07) is 4.74. The van der Waals surface area contributed by atoms with E-state index in [1.54, 1.807) is 13.8 Å². The summed E-state index contributed by atoms with van der Waals surface area (Å²) >= 11 is 0. The van der Waals surface area contributed by atoms with Gasteiger partial charge in [-0.05, 0) is 31.5 Å². The van der Waals surface area contributed by atoms with Crippen molar-refractivity contribution in [3.63, 3.8) is 0 Å². The third-order valence-corrected chi connectivity index (χ3v) is 3.62. The van der Waals surface area contributed by atoms with Gasteiger partial charge in [-0.15, -0.1) is 0 Å². The van der Waals surface area contributed by atoms with Gasteiger partial charge in [-0.25, -0.2) is 0 Å². The Morgan fingerprint density at radius 1 is 1.41 bits per heavy atom. The number of benzene rings is 1. The molecular formula is C15H16F3NO3. The summed E-state index contributed by atoms with van der Waals surface area (Å²) in [5, 5.41) is 2.56. The molecule has 1 N–H and O–H groups in total. The molecule has 0 radical (unpaired) electrons. The molecule has 1 aromatic rings. The summed E-state index contributed by atoms with van der Waals surface area (Å²) in [6.45, 7) is 3.22. The number of esters is 1. The normalized spacial score (nSPS) is 20.6. The quantitative estimate of drug-likeness (QED) is 0.873. The minimum absolute atomic E-state index is 0.0264. The first-order chi connectivity index (χ1) is 10.1. The first-order valence-electron chi connectivity index (χ1n) is 6.75. The number of halogens is 3. The number of carbonyl (C=O) groups is 2. The molecular weight excluding hydrogens is 299 g/mol. The Bertz CT molecular complexity index is 596. The first-order valence-corrected chi connectivity index (χ1v) is 6.75. The van der Waals surface area contributed by atoms with Crippen LogP contribution in [0.15, 0.2) is 24.3 Å². The van der Waals surface area contributed by atoms with Crippen molar-refractivity contribution < 1.29 is 27.5 Å². The lowest BCUT2D eigenvalue weighted by Crippen LogP contribution is -2.40. The van der Waals surface area contributed by atoms with Crippen LogP contribution in [0.1, 0.15) is 31.4 Å². The van der Waals surface area contributed by atoms with Gasteiger partial charge in [0.05, 0.1) is 17.9 Å². The number of rotatable bonds is 3. The van der Waals surface area contributed by atoms with Crippen molar-refractivity contribution in [3.05, 3.63) is 35.4 Å². The molecule has 0 saturated carbocycles. The van der Waals surface area contributed by atoms with Gasteiger partial charge >= 0.3 is 12.1 Å². The average molecular weight is 315 g/mol. The number of hydrogen-bond acceptors (Lipinski definition) is 3. The maximum Gasteiger partial charge on any atom is 0.416 e. The number of cyclic esters (lactones) is 1. The van der Waals surface area contributed by atoms with Crippen molar-refractivity contribution in [2.45, 2.75) is 38.6 Å². The predicted molar refractivity (Wildman–Crippen MR) is 71.6 cm³/mol. The summed E-state index contributed by atoms with van der Waals surface area (Å²) in [6.07, 6.45) is -4.45. The molecule has 1 unspecified atom stereocenters. The van der Waals surface area contributed by atoms with E-state index in [1.807, 2.05) is 0 Å². The molecule has 0 spiro atoms. The Morgan fingerprint density at radius 2 is 2.09 bits per heavy atom. The van der Waals surface area contributed by atoms with Crippen LogP contribution >= 0.6 is 0 Å². The highest BCUT2D eigenvalue weighted by Crippen LogP contribution is 2.32. The molecule has 0 aliphatic carbocycles. The van der Waals surface area contributed by atoms with Crippen LogP contribution in [0, 0.1) is 5.92 Å². The van der Waals surface area contributed by atoms with Crippen LogP contribution in [0.25, 0.3) is 0 Å². The second-order valence-corrected chi connectivity index (χ2v) is 5.75. The summed E-state index contributed by atoms with van der Waals surface area (Å²) in [4.78, 5) is 23.4. The first kappa shape index (κ1) is 16.3. The molecule has 22 heavy (non-hydrogen) atoms. The summed E-state index contributed by atoms with van der Waals surface area (Å²) in [5.74, 6) is -1.51. The number of carbonyl (C=O) groups excluding carboxylic acids is 2. The second kappa shape index (κ2) is 5.62. The molecule has 2 rings (SSSR count). The van der Waals surface area contributed by atoms with E-state index in [2.05, 4.69) is 5.32 Å². The summed E-state index contributed by atoms with van der Waals surface area (Å²) in [7, 11) is 0. The van der Waals surface area contributed by atoms with Gasteiger partial charge in [0.25, 0.3) is 0 Å². The zero-order valence-corrected chi connectivity index (χ0v) is 12.2. The number of amides is 1. The smallest absolute Gasteiger partial charge is 0.416 e. The SMILES string of the molecule is CC1(C)OC(=O)CC1C(=O)NCc1cccc(C(F)(F)F)c1. The molecule has 4 nitrogen and oxygen atoms in total. The third kappa shape index (κ3) is 3.58. The Balaban J connectivity index is 2.02. The maximum atomic E-state index is 12.6. The lowest BCUT2D eigenvalue weighted by Gasteiger charge is -2.23. The molecule has 1 aliphatic heterocycles. The van der Waals surface area contributed by atoms with Crippen LogP contribution in [0.2, 0.25) is 0 Å². The van der Waals surface area contributed by atoms with Crippen LogP contribution in [0.4, 0.5) is 13.2 Å². The Hall–Kier alpha value is -2.05. The zero-order valence-electron chi connectivity index (χ0n) is 12.2. The minimum Gasteiger partial charge on any atom is -0.459 e. The number of ether oxygens (including phenoxy) is 1. The fraction of sp³-hybridized carbons (Fsp3) is 0.467. The predicted octanol–water partition coefficient (Wildman–Crippen LogP) is 2.66. The molecule has 1 amide bonds. The minimum atomic E-state index is -4.42. The van der Waals surface area contributed by atoms with Gasteiger partial charge < -0.3 is 10.1 Å². The van der Waals surface area contributed by atoms with Crippen LogP contribution in [-0.2, 0) is 27.0 Å². The highest BCUT2D eigenvalue weighted by Gasteiger charge is 2.45. The van der Waals surface area contributed by atoms with E-state index in [0.717, 1.165) is 12.1 Å². The van der Waals surface area contributed by atoms with Crippen molar-refractivity contribution in [1.29, 1.82) is 0 Å². The molecule has 120 valence electrons. The molecule has 1 saturated heterocycles.